The standard InChI is InChI=1S/C90H134N2O8/c1-9-17-25-33-41-67(42-34-26-18-10-2)63-91(64-68(43-35-27-19-11-3)44-36-28-20-12-4)75-55-51-73(52-56-75)81-87(97)85(88(81)98)83-77(93)59-71(60-78(83)94)49-50-72-61-79(95)84(80(96)62-72)86-89(99)82(90(86)100)74-53-57-76(58-54-74)92(65-69(45-37-29-21-13-5)46-38-30-22-14-6)66-70(47-39-31-23-15-7)48-40-32-24-16-8/h49-62,67-70,93,95,97,99H,9-48,63-66H2,1-8H3/b50-49+,85-83-,86-84-. The van der Waals surface area contributed by atoms with E-state index in [1.807, 2.05) is 24.3 Å². The second-order valence-electron chi connectivity index (χ2n) is 30.2. The van der Waals surface area contributed by atoms with Gasteiger partial charge in [-0.1, -0.05) is 297 Å². The number of Topliss-reactive ketones (excluding diaryl/α,β-unsaturated/α-hetero) is 2. The van der Waals surface area contributed by atoms with Gasteiger partial charge in [0.2, 0.25) is 11.6 Å². The molecule has 10 heteroatoms. The van der Waals surface area contributed by atoms with Crippen LogP contribution < -0.4 is 9.80 Å². The maximum absolute atomic E-state index is 14.1. The van der Waals surface area contributed by atoms with Crippen molar-refractivity contribution in [3.05, 3.63) is 153 Å². The molecule has 0 spiro atoms. The van der Waals surface area contributed by atoms with E-state index in [-0.39, 0.29) is 56.1 Å². The first kappa shape index (κ1) is 82.5. The summed E-state index contributed by atoms with van der Waals surface area (Å²) >= 11 is 0. The Morgan fingerprint density at radius 2 is 0.520 bits per heavy atom. The van der Waals surface area contributed by atoms with E-state index in [9.17, 15) is 39.6 Å². The minimum atomic E-state index is -0.671. The highest BCUT2D eigenvalue weighted by molar-refractivity contribution is 6.42. The van der Waals surface area contributed by atoms with Gasteiger partial charge in [0.05, 0.1) is 33.4 Å². The zero-order valence-electron chi connectivity index (χ0n) is 63.8. The number of aliphatic hydroxyl groups excluding tert-OH is 4. The predicted octanol–water partition coefficient (Wildman–Crippen LogP) is 25.0. The van der Waals surface area contributed by atoms with Gasteiger partial charge in [-0.15, -0.1) is 0 Å². The molecular weight excluding hydrogens is 1240 g/mol. The van der Waals surface area contributed by atoms with Gasteiger partial charge in [-0.05, 0) is 146 Å². The Morgan fingerprint density at radius 3 is 0.720 bits per heavy atom. The lowest BCUT2D eigenvalue weighted by molar-refractivity contribution is -0.114. The van der Waals surface area contributed by atoms with Crippen molar-refractivity contribution in [3.8, 4) is 0 Å². The number of carbonyl (C=O) groups is 4. The van der Waals surface area contributed by atoms with Gasteiger partial charge >= 0.3 is 0 Å². The molecule has 0 bridgehead atoms. The first-order valence-corrected chi connectivity index (χ1v) is 40.8. The molecule has 6 rings (SSSR count). The van der Waals surface area contributed by atoms with Crippen molar-refractivity contribution in [2.45, 2.75) is 312 Å². The molecule has 0 saturated heterocycles. The monoisotopic (exact) mass is 1370 g/mol. The zero-order chi connectivity index (χ0) is 72.0. The summed E-state index contributed by atoms with van der Waals surface area (Å²) in [5.41, 5.74) is 3.04. The van der Waals surface area contributed by atoms with Gasteiger partial charge in [0.15, 0.2) is 11.6 Å². The third kappa shape index (κ3) is 25.8. The fourth-order valence-electron chi connectivity index (χ4n) is 15.6. The van der Waals surface area contributed by atoms with E-state index in [4.69, 9.17) is 0 Å². The van der Waals surface area contributed by atoms with Gasteiger partial charge in [0.1, 0.15) is 23.0 Å². The van der Waals surface area contributed by atoms with Crippen LogP contribution in [0.1, 0.15) is 323 Å². The molecule has 2 aromatic carbocycles. The number of rotatable bonds is 54. The third-order valence-electron chi connectivity index (χ3n) is 21.7. The molecule has 4 aliphatic rings. The predicted molar refractivity (Wildman–Crippen MR) is 421 cm³/mol. The van der Waals surface area contributed by atoms with Crippen LogP contribution in [0.4, 0.5) is 11.4 Å². The minimum absolute atomic E-state index is 0.111. The summed E-state index contributed by atoms with van der Waals surface area (Å²) < 4.78 is 0. The summed E-state index contributed by atoms with van der Waals surface area (Å²) in [5.74, 6) is -1.68. The molecule has 0 saturated carbocycles. The summed E-state index contributed by atoms with van der Waals surface area (Å²) in [6.07, 6.45) is 58.0. The summed E-state index contributed by atoms with van der Waals surface area (Å²) in [7, 11) is 0. The van der Waals surface area contributed by atoms with E-state index >= 15 is 0 Å². The quantitative estimate of drug-likeness (QED) is 0.0371. The number of allylic oxidation sites excluding steroid dienone is 14. The summed E-state index contributed by atoms with van der Waals surface area (Å²) in [5, 5.41) is 46.0. The number of hydrogen-bond donors (Lipinski definition) is 4. The number of ketones is 4. The summed E-state index contributed by atoms with van der Waals surface area (Å²) in [6.45, 7) is 22.2. The third-order valence-corrected chi connectivity index (χ3v) is 21.7. The lowest BCUT2D eigenvalue weighted by Crippen LogP contribution is -2.34. The van der Waals surface area contributed by atoms with Crippen LogP contribution in [0.15, 0.2) is 141 Å². The number of aliphatic hydroxyl groups is 4. The highest BCUT2D eigenvalue weighted by atomic mass is 16.3. The Hall–Kier alpha value is -6.42. The maximum atomic E-state index is 14.1. The lowest BCUT2D eigenvalue weighted by Gasteiger charge is -2.34. The number of unbranched alkanes of at least 4 members (excludes halogenated alkanes) is 24. The van der Waals surface area contributed by atoms with Crippen LogP contribution in [-0.4, -0.2) is 69.7 Å². The molecule has 0 fully saturated rings. The van der Waals surface area contributed by atoms with Crippen molar-refractivity contribution in [3.63, 3.8) is 0 Å². The number of carbonyl (C=O) groups excluding carboxylic acids is 4. The normalized spacial score (nSPS) is 16.6. The van der Waals surface area contributed by atoms with Gasteiger partial charge in [0.25, 0.3) is 0 Å². The van der Waals surface area contributed by atoms with Crippen LogP contribution in [0.5, 0.6) is 0 Å². The molecule has 0 amide bonds. The Balaban J connectivity index is 1.18. The Kier molecular flexibility index (Phi) is 38.2. The van der Waals surface area contributed by atoms with Crippen molar-refractivity contribution < 1.29 is 39.6 Å². The Labute approximate surface area is 606 Å². The molecule has 10 nitrogen and oxygen atoms in total. The van der Waals surface area contributed by atoms with E-state index in [0.717, 1.165) is 37.6 Å². The van der Waals surface area contributed by atoms with Crippen LogP contribution in [0.2, 0.25) is 0 Å². The van der Waals surface area contributed by atoms with Crippen LogP contribution in [-0.2, 0) is 19.2 Å². The lowest BCUT2D eigenvalue weighted by atomic mass is 9.78. The highest BCUT2D eigenvalue weighted by Crippen LogP contribution is 2.44. The average Bonchev–Trinajstić information content (AvgIpc) is 0.745. The van der Waals surface area contributed by atoms with Crippen molar-refractivity contribution in [2.75, 3.05) is 36.0 Å². The number of benzene rings is 2. The van der Waals surface area contributed by atoms with Gasteiger partial charge in [-0.25, -0.2) is 0 Å². The van der Waals surface area contributed by atoms with E-state index in [0.29, 0.717) is 34.8 Å². The first-order valence-electron chi connectivity index (χ1n) is 40.8. The minimum Gasteiger partial charge on any atom is -0.507 e. The van der Waals surface area contributed by atoms with Crippen LogP contribution in [0, 0.1) is 23.7 Å². The molecule has 0 aliphatic heterocycles. The van der Waals surface area contributed by atoms with Gasteiger partial charge < -0.3 is 30.2 Å². The number of nitrogens with zero attached hydrogens (tertiary/aromatic N) is 2. The van der Waals surface area contributed by atoms with E-state index in [2.05, 4.69) is 89.5 Å². The SMILES string of the molecule is CCCCCCC(CCCCCC)CN(CC(CCCCCC)CCCCCC)c1ccc(C2=C(O)/C(=C3/C(=O)C=C(/C=C/C4=CC(=O)/C(=C5\C(=O)C(c6ccc(N(CC(CCCCCC)CCCCCC)CC(CCCCCC)CCCCCC)cc6)=C5O)C(O)=C4)C=C3O)C2=O)cc1. The van der Waals surface area contributed by atoms with Gasteiger partial charge in [-0.2, -0.15) is 0 Å². The number of anilines is 2. The summed E-state index contributed by atoms with van der Waals surface area (Å²) in [4.78, 5) is 61.1. The van der Waals surface area contributed by atoms with Crippen LogP contribution in [0.25, 0.3) is 11.1 Å². The van der Waals surface area contributed by atoms with Gasteiger partial charge in [-0.3, -0.25) is 19.2 Å². The van der Waals surface area contributed by atoms with Crippen molar-refractivity contribution >= 4 is 45.7 Å². The average molecular weight is 1370 g/mol. The molecule has 0 radical (unpaired) electrons. The van der Waals surface area contributed by atoms with Gasteiger partial charge in [0, 0.05) is 37.6 Å². The first-order chi connectivity index (χ1) is 48.7. The van der Waals surface area contributed by atoms with Crippen LogP contribution in [0.3, 0.4) is 0 Å². The topological polar surface area (TPSA) is 156 Å². The fourth-order valence-corrected chi connectivity index (χ4v) is 15.6. The van der Waals surface area contributed by atoms with E-state index in [1.54, 1.807) is 0 Å². The molecule has 100 heavy (non-hydrogen) atoms. The van der Waals surface area contributed by atoms with E-state index < -0.39 is 34.7 Å². The van der Waals surface area contributed by atoms with Crippen LogP contribution >= 0.6 is 0 Å². The number of hydrogen-bond acceptors (Lipinski definition) is 10. The van der Waals surface area contributed by atoms with Crippen molar-refractivity contribution in [1.82, 2.24) is 0 Å². The molecule has 0 heterocycles. The molecule has 2 aromatic rings. The highest BCUT2D eigenvalue weighted by Gasteiger charge is 2.42. The van der Waals surface area contributed by atoms with E-state index in [1.165, 1.54) is 293 Å². The maximum Gasteiger partial charge on any atom is 0.202 e. The molecular formula is C90H134N2O8. The molecule has 0 atom stereocenters. The second kappa shape index (κ2) is 46.2. The zero-order valence-corrected chi connectivity index (χ0v) is 63.8. The largest absolute Gasteiger partial charge is 0.507 e. The van der Waals surface area contributed by atoms with Crippen molar-refractivity contribution in [2.24, 2.45) is 23.7 Å². The summed E-state index contributed by atoms with van der Waals surface area (Å²) in [6, 6.07) is 16.0. The smallest absolute Gasteiger partial charge is 0.202 e. The Morgan fingerprint density at radius 1 is 0.290 bits per heavy atom. The molecule has 0 unspecified atom stereocenters. The molecule has 0 aromatic heterocycles. The molecule has 4 aliphatic carbocycles. The molecule has 552 valence electrons. The van der Waals surface area contributed by atoms with Crippen molar-refractivity contribution in [1.29, 1.82) is 0 Å². The fraction of sp³-hybridized carbons (Fsp3) is 0.622. The molecule has 4 N–H and O–H groups in total. The Bertz CT molecular complexity index is 2840. The second-order valence-corrected chi connectivity index (χ2v) is 30.2.